The normalized spacial score (nSPS) is 18.4. The molecular formula is C15H18BrNO4. The number of carbonyl (C=O) groups excluding carboxylic acids is 2. The highest BCUT2D eigenvalue weighted by Crippen LogP contribution is 2.19. The molecule has 5 nitrogen and oxygen atoms in total. The highest BCUT2D eigenvalue weighted by Gasteiger charge is 2.27. The molecule has 21 heavy (non-hydrogen) atoms. The summed E-state index contributed by atoms with van der Waals surface area (Å²) in [7, 11) is 1.35. The van der Waals surface area contributed by atoms with Crippen molar-refractivity contribution in [3.8, 4) is 0 Å². The zero-order valence-corrected chi connectivity index (χ0v) is 13.7. The van der Waals surface area contributed by atoms with Crippen molar-refractivity contribution < 1.29 is 19.1 Å². The van der Waals surface area contributed by atoms with E-state index in [-0.39, 0.29) is 24.4 Å². The fourth-order valence-corrected chi connectivity index (χ4v) is 2.50. The molecule has 114 valence electrons. The van der Waals surface area contributed by atoms with Crippen LogP contribution in [0.25, 0.3) is 0 Å². The Morgan fingerprint density at radius 1 is 1.48 bits per heavy atom. The lowest BCUT2D eigenvalue weighted by atomic mass is 10.1. The van der Waals surface area contributed by atoms with Crippen molar-refractivity contribution in [2.75, 3.05) is 26.8 Å². The predicted octanol–water partition coefficient (Wildman–Crippen LogP) is 2.16. The van der Waals surface area contributed by atoms with Gasteiger partial charge in [0.25, 0.3) is 5.91 Å². The van der Waals surface area contributed by atoms with Crippen LogP contribution in [0.3, 0.4) is 0 Å². The molecule has 1 aliphatic heterocycles. The maximum Gasteiger partial charge on any atom is 0.308 e. The number of benzene rings is 1. The standard InChI is InChI=1S/C15H18BrNO4/c1-10-7-11(3-4-13(10)16)15(19)17-5-6-21-12(9-17)8-14(18)20-2/h3-4,7,12H,5-6,8-9H2,1-2H3. The summed E-state index contributed by atoms with van der Waals surface area (Å²) in [6.45, 7) is 3.32. The molecule has 0 radical (unpaired) electrons. The highest BCUT2D eigenvalue weighted by atomic mass is 79.9. The molecule has 1 saturated heterocycles. The fraction of sp³-hybridized carbons (Fsp3) is 0.467. The summed E-state index contributed by atoms with van der Waals surface area (Å²) in [6, 6.07) is 5.52. The average Bonchev–Trinajstić information content (AvgIpc) is 2.49. The molecular weight excluding hydrogens is 338 g/mol. The molecule has 1 aromatic rings. The number of nitrogens with zero attached hydrogens (tertiary/aromatic N) is 1. The SMILES string of the molecule is COC(=O)CC1CN(C(=O)c2ccc(Br)c(C)c2)CCO1. The fourth-order valence-electron chi connectivity index (χ4n) is 2.26. The highest BCUT2D eigenvalue weighted by molar-refractivity contribution is 9.10. The molecule has 0 bridgehead atoms. The summed E-state index contributed by atoms with van der Waals surface area (Å²) >= 11 is 3.42. The maximum atomic E-state index is 12.5. The first-order chi connectivity index (χ1) is 10.0. The Hall–Kier alpha value is -1.40. The molecule has 6 heteroatoms. The van der Waals surface area contributed by atoms with Crippen LogP contribution in [0.1, 0.15) is 22.3 Å². The Labute approximate surface area is 132 Å². The predicted molar refractivity (Wildman–Crippen MR) is 81.2 cm³/mol. The Balaban J connectivity index is 2.04. The van der Waals surface area contributed by atoms with Crippen LogP contribution in [0.4, 0.5) is 0 Å². The summed E-state index contributed by atoms with van der Waals surface area (Å²) in [5.41, 5.74) is 1.66. The molecule has 0 aromatic heterocycles. The van der Waals surface area contributed by atoms with Crippen molar-refractivity contribution in [3.05, 3.63) is 33.8 Å². The van der Waals surface area contributed by atoms with E-state index in [1.807, 2.05) is 19.1 Å². The smallest absolute Gasteiger partial charge is 0.308 e. The number of rotatable bonds is 3. The Bertz CT molecular complexity index is 546. The van der Waals surface area contributed by atoms with Crippen LogP contribution in [-0.2, 0) is 14.3 Å². The lowest BCUT2D eigenvalue weighted by Crippen LogP contribution is -2.46. The minimum Gasteiger partial charge on any atom is -0.469 e. The van der Waals surface area contributed by atoms with Gasteiger partial charge in [-0.25, -0.2) is 0 Å². The quantitative estimate of drug-likeness (QED) is 0.779. The van der Waals surface area contributed by atoms with Crippen molar-refractivity contribution in [1.82, 2.24) is 4.90 Å². The van der Waals surface area contributed by atoms with Gasteiger partial charge in [-0.15, -0.1) is 0 Å². The number of aryl methyl sites for hydroxylation is 1. The first-order valence-corrected chi connectivity index (χ1v) is 7.54. The van der Waals surface area contributed by atoms with Crippen LogP contribution in [0.2, 0.25) is 0 Å². The molecule has 1 fully saturated rings. The molecule has 0 N–H and O–H groups in total. The van der Waals surface area contributed by atoms with E-state index in [2.05, 4.69) is 20.7 Å². The molecule has 0 spiro atoms. The molecule has 1 aliphatic rings. The number of methoxy groups -OCH3 is 1. The summed E-state index contributed by atoms with van der Waals surface area (Å²) in [5, 5.41) is 0. The van der Waals surface area contributed by atoms with Crippen molar-refractivity contribution in [2.24, 2.45) is 0 Å². The maximum absolute atomic E-state index is 12.5. The molecule has 1 atom stereocenters. The Morgan fingerprint density at radius 2 is 2.24 bits per heavy atom. The monoisotopic (exact) mass is 355 g/mol. The minimum atomic E-state index is -0.325. The number of morpholine rings is 1. The van der Waals surface area contributed by atoms with E-state index >= 15 is 0 Å². The van der Waals surface area contributed by atoms with Gasteiger partial charge in [0.05, 0.1) is 26.2 Å². The van der Waals surface area contributed by atoms with Crippen molar-refractivity contribution in [3.63, 3.8) is 0 Å². The van der Waals surface area contributed by atoms with Crippen LogP contribution < -0.4 is 0 Å². The van der Waals surface area contributed by atoms with E-state index in [4.69, 9.17) is 4.74 Å². The van der Waals surface area contributed by atoms with Gasteiger partial charge in [-0.3, -0.25) is 9.59 Å². The summed E-state index contributed by atoms with van der Waals surface area (Å²) in [6.07, 6.45) is -0.133. The van der Waals surface area contributed by atoms with Gasteiger partial charge in [0.15, 0.2) is 0 Å². The number of amides is 1. The second-order valence-corrected chi connectivity index (χ2v) is 5.84. The molecule has 2 rings (SSSR count). The van der Waals surface area contributed by atoms with E-state index in [1.165, 1.54) is 7.11 Å². The van der Waals surface area contributed by atoms with Crippen LogP contribution in [-0.4, -0.2) is 49.7 Å². The third kappa shape index (κ3) is 4.04. The Kier molecular flexibility index (Phi) is 5.36. The van der Waals surface area contributed by atoms with Gasteiger partial charge in [-0.2, -0.15) is 0 Å². The zero-order valence-electron chi connectivity index (χ0n) is 12.1. The molecule has 1 amide bonds. The van der Waals surface area contributed by atoms with Crippen LogP contribution >= 0.6 is 15.9 Å². The summed E-state index contributed by atoms with van der Waals surface area (Å²) in [4.78, 5) is 25.5. The van der Waals surface area contributed by atoms with Crippen LogP contribution in [0.5, 0.6) is 0 Å². The number of carbonyl (C=O) groups is 2. The van der Waals surface area contributed by atoms with E-state index in [0.29, 0.717) is 25.3 Å². The molecule has 1 aromatic carbocycles. The second-order valence-electron chi connectivity index (χ2n) is 4.99. The topological polar surface area (TPSA) is 55.8 Å². The van der Waals surface area contributed by atoms with Gasteiger partial charge in [0, 0.05) is 23.1 Å². The number of hydrogen-bond acceptors (Lipinski definition) is 4. The number of ether oxygens (including phenoxy) is 2. The number of halogens is 1. The number of hydrogen-bond donors (Lipinski definition) is 0. The van der Waals surface area contributed by atoms with Crippen molar-refractivity contribution >= 4 is 27.8 Å². The summed E-state index contributed by atoms with van der Waals surface area (Å²) in [5.74, 6) is -0.363. The van der Waals surface area contributed by atoms with Crippen molar-refractivity contribution in [1.29, 1.82) is 0 Å². The number of esters is 1. The average molecular weight is 356 g/mol. The first-order valence-electron chi connectivity index (χ1n) is 6.75. The molecule has 1 unspecified atom stereocenters. The lowest BCUT2D eigenvalue weighted by molar-refractivity contribution is -0.145. The van der Waals surface area contributed by atoms with Gasteiger partial charge < -0.3 is 14.4 Å². The summed E-state index contributed by atoms with van der Waals surface area (Å²) < 4.78 is 11.1. The zero-order chi connectivity index (χ0) is 15.4. The van der Waals surface area contributed by atoms with Gasteiger partial charge in [-0.1, -0.05) is 15.9 Å². The third-order valence-corrected chi connectivity index (χ3v) is 4.34. The molecule has 1 heterocycles. The van der Waals surface area contributed by atoms with E-state index in [0.717, 1.165) is 10.0 Å². The minimum absolute atomic E-state index is 0.0382. The van der Waals surface area contributed by atoms with Crippen LogP contribution in [0, 0.1) is 6.92 Å². The van der Waals surface area contributed by atoms with Crippen LogP contribution in [0.15, 0.2) is 22.7 Å². The van der Waals surface area contributed by atoms with Gasteiger partial charge >= 0.3 is 5.97 Å². The van der Waals surface area contributed by atoms with Crippen molar-refractivity contribution in [2.45, 2.75) is 19.4 Å². The molecule has 0 saturated carbocycles. The van der Waals surface area contributed by atoms with Gasteiger partial charge in [0.2, 0.25) is 0 Å². The van der Waals surface area contributed by atoms with Gasteiger partial charge in [-0.05, 0) is 30.7 Å². The third-order valence-electron chi connectivity index (χ3n) is 3.45. The first kappa shape index (κ1) is 16.0. The van der Waals surface area contributed by atoms with E-state index < -0.39 is 0 Å². The molecule has 0 aliphatic carbocycles. The van der Waals surface area contributed by atoms with Gasteiger partial charge in [0.1, 0.15) is 0 Å². The second kappa shape index (κ2) is 7.04. The largest absolute Gasteiger partial charge is 0.469 e. The van der Waals surface area contributed by atoms with E-state index in [1.54, 1.807) is 11.0 Å². The lowest BCUT2D eigenvalue weighted by Gasteiger charge is -2.32. The van der Waals surface area contributed by atoms with E-state index in [9.17, 15) is 9.59 Å². The Morgan fingerprint density at radius 3 is 2.90 bits per heavy atom.